The molecule has 8 heteroatoms. The molecule has 1 saturated heterocycles. The van der Waals surface area contributed by atoms with Gasteiger partial charge in [-0.15, -0.1) is 5.10 Å². The third-order valence-electron chi connectivity index (χ3n) is 5.33. The van der Waals surface area contributed by atoms with Gasteiger partial charge >= 0.3 is 0 Å². The van der Waals surface area contributed by atoms with Crippen LogP contribution in [0.5, 0.6) is 0 Å². The summed E-state index contributed by atoms with van der Waals surface area (Å²) < 4.78 is 0. The summed E-state index contributed by atoms with van der Waals surface area (Å²) in [6, 6.07) is 3.67. The molecule has 142 valence electrons. The second-order valence-corrected chi connectivity index (χ2v) is 7.59. The van der Waals surface area contributed by atoms with E-state index in [0.717, 1.165) is 50.3 Å². The Morgan fingerprint density at radius 2 is 1.96 bits per heavy atom. The van der Waals surface area contributed by atoms with Gasteiger partial charge in [-0.1, -0.05) is 11.6 Å². The number of H-pyrrole nitrogens is 1. The van der Waals surface area contributed by atoms with Crippen LogP contribution in [0.1, 0.15) is 47.3 Å². The van der Waals surface area contributed by atoms with Crippen molar-refractivity contribution in [3.05, 3.63) is 50.5 Å². The van der Waals surface area contributed by atoms with E-state index in [-0.39, 0.29) is 17.0 Å². The maximum atomic E-state index is 12.4. The Bertz CT molecular complexity index is 905. The number of aryl methyl sites for hydroxylation is 2. The average molecular weight is 388 g/mol. The van der Waals surface area contributed by atoms with Crippen LogP contribution in [-0.2, 0) is 12.8 Å². The maximum absolute atomic E-state index is 12.4. The summed E-state index contributed by atoms with van der Waals surface area (Å²) in [5.41, 5.74) is 2.44. The number of hydrogen-bond acceptors (Lipinski definition) is 5. The minimum Gasteiger partial charge on any atom is -0.355 e. The van der Waals surface area contributed by atoms with E-state index in [1.165, 1.54) is 30.7 Å². The smallest absolute Gasteiger partial charge is 0.266 e. The zero-order valence-electron chi connectivity index (χ0n) is 15.0. The summed E-state index contributed by atoms with van der Waals surface area (Å²) in [7, 11) is 0. The van der Waals surface area contributed by atoms with Crippen LogP contribution in [0.4, 0.5) is 5.82 Å². The molecule has 0 unspecified atom stereocenters. The van der Waals surface area contributed by atoms with Gasteiger partial charge in [0.1, 0.15) is 5.02 Å². The van der Waals surface area contributed by atoms with Gasteiger partial charge < -0.3 is 15.2 Å². The minimum absolute atomic E-state index is 0.0171. The molecule has 0 saturated carbocycles. The Kier molecular flexibility index (Phi) is 5.11. The molecule has 2 aliphatic rings. The molecule has 3 heterocycles. The second-order valence-electron chi connectivity index (χ2n) is 7.18. The molecule has 1 aliphatic heterocycles. The standard InChI is InChI=1S/C19H22ClN5O2/c20-15-9-13(11-21-19(15)27)18(26)22-14-5-7-25(8-6-14)17-10-12-3-1-2-4-16(12)23-24-17/h9-11,14H,1-8H2,(H,21,27)(H,22,26). The molecule has 0 spiro atoms. The molecular weight excluding hydrogens is 366 g/mol. The molecule has 2 aromatic rings. The van der Waals surface area contributed by atoms with Crippen LogP contribution < -0.4 is 15.8 Å². The summed E-state index contributed by atoms with van der Waals surface area (Å²) in [5.74, 6) is 0.716. The quantitative estimate of drug-likeness (QED) is 0.841. The number of carbonyl (C=O) groups excluding carboxylic acids is 1. The maximum Gasteiger partial charge on any atom is 0.266 e. The molecule has 1 amide bonds. The van der Waals surface area contributed by atoms with Crippen LogP contribution in [0.15, 0.2) is 23.1 Å². The number of aromatic amines is 1. The SMILES string of the molecule is O=C(NC1CCN(c2cc3c(nn2)CCCC3)CC1)c1c[nH]c(=O)c(Cl)c1. The Labute approximate surface area is 162 Å². The first-order valence-corrected chi connectivity index (χ1v) is 9.77. The fraction of sp³-hybridized carbons (Fsp3) is 0.474. The number of piperidine rings is 1. The van der Waals surface area contributed by atoms with Crippen LogP contribution in [-0.4, -0.2) is 40.2 Å². The van der Waals surface area contributed by atoms with Crippen molar-refractivity contribution in [1.29, 1.82) is 0 Å². The number of nitrogens with zero attached hydrogens (tertiary/aromatic N) is 3. The molecule has 4 rings (SSSR count). The molecule has 2 N–H and O–H groups in total. The van der Waals surface area contributed by atoms with Crippen LogP contribution in [0.3, 0.4) is 0 Å². The number of carbonyl (C=O) groups is 1. The molecule has 1 fully saturated rings. The lowest BCUT2D eigenvalue weighted by atomic mass is 9.96. The number of hydrogen-bond donors (Lipinski definition) is 2. The van der Waals surface area contributed by atoms with E-state index in [4.69, 9.17) is 11.6 Å². The highest BCUT2D eigenvalue weighted by atomic mass is 35.5. The van der Waals surface area contributed by atoms with Crippen LogP contribution in [0.2, 0.25) is 5.02 Å². The van der Waals surface area contributed by atoms with E-state index >= 15 is 0 Å². The Morgan fingerprint density at radius 3 is 2.74 bits per heavy atom. The zero-order chi connectivity index (χ0) is 18.8. The number of amides is 1. The molecule has 0 atom stereocenters. The van der Waals surface area contributed by atoms with Gasteiger partial charge in [0.15, 0.2) is 5.82 Å². The largest absolute Gasteiger partial charge is 0.355 e. The van der Waals surface area contributed by atoms with Crippen molar-refractivity contribution in [3.63, 3.8) is 0 Å². The lowest BCUT2D eigenvalue weighted by molar-refractivity contribution is 0.0930. The highest BCUT2D eigenvalue weighted by molar-refractivity contribution is 6.30. The van der Waals surface area contributed by atoms with Gasteiger partial charge in [-0.3, -0.25) is 9.59 Å². The van der Waals surface area contributed by atoms with Crippen molar-refractivity contribution in [1.82, 2.24) is 20.5 Å². The molecule has 2 aromatic heterocycles. The van der Waals surface area contributed by atoms with Crippen molar-refractivity contribution < 1.29 is 4.79 Å². The van der Waals surface area contributed by atoms with Crippen LogP contribution in [0.25, 0.3) is 0 Å². The van der Waals surface area contributed by atoms with E-state index in [2.05, 4.69) is 31.5 Å². The van der Waals surface area contributed by atoms with Crippen molar-refractivity contribution in [3.8, 4) is 0 Å². The van der Waals surface area contributed by atoms with Gasteiger partial charge in [-0.2, -0.15) is 5.10 Å². The number of anilines is 1. The van der Waals surface area contributed by atoms with Crippen LogP contribution >= 0.6 is 11.6 Å². The molecule has 0 bridgehead atoms. The van der Waals surface area contributed by atoms with E-state index in [1.54, 1.807) is 0 Å². The van der Waals surface area contributed by atoms with Crippen molar-refractivity contribution in [2.75, 3.05) is 18.0 Å². The van der Waals surface area contributed by atoms with E-state index in [9.17, 15) is 9.59 Å². The molecule has 1 aliphatic carbocycles. The summed E-state index contributed by atoms with van der Waals surface area (Å²) in [6.45, 7) is 1.65. The topological polar surface area (TPSA) is 91.0 Å². The van der Waals surface area contributed by atoms with E-state index in [1.807, 2.05) is 0 Å². The number of nitrogens with one attached hydrogen (secondary N) is 2. The van der Waals surface area contributed by atoms with Gasteiger partial charge in [0.2, 0.25) is 0 Å². The lowest BCUT2D eigenvalue weighted by Crippen LogP contribution is -2.45. The average Bonchev–Trinajstić information content (AvgIpc) is 2.70. The van der Waals surface area contributed by atoms with Crippen molar-refractivity contribution in [2.45, 2.75) is 44.6 Å². The first-order valence-electron chi connectivity index (χ1n) is 9.39. The summed E-state index contributed by atoms with van der Waals surface area (Å²) in [6.07, 6.45) is 7.61. The predicted molar refractivity (Wildman–Crippen MR) is 103 cm³/mol. The number of fused-ring (bicyclic) bond motifs is 1. The molecular formula is C19H22ClN5O2. The van der Waals surface area contributed by atoms with Gasteiger partial charge in [-0.25, -0.2) is 0 Å². The normalized spacial score (nSPS) is 17.4. The third-order valence-corrected chi connectivity index (χ3v) is 5.61. The fourth-order valence-corrected chi connectivity index (χ4v) is 3.91. The molecule has 0 radical (unpaired) electrons. The lowest BCUT2D eigenvalue weighted by Gasteiger charge is -2.33. The Hall–Kier alpha value is -2.41. The molecule has 27 heavy (non-hydrogen) atoms. The monoisotopic (exact) mass is 387 g/mol. The number of aromatic nitrogens is 3. The first kappa shape index (κ1) is 18.0. The molecule has 7 nitrogen and oxygen atoms in total. The highest BCUT2D eigenvalue weighted by Gasteiger charge is 2.23. The zero-order valence-corrected chi connectivity index (χ0v) is 15.8. The van der Waals surface area contributed by atoms with Gasteiger partial charge in [0.05, 0.1) is 11.3 Å². The predicted octanol–water partition coefficient (Wildman–Crippen LogP) is 2.10. The van der Waals surface area contributed by atoms with E-state index in [0.29, 0.717) is 5.56 Å². The molecule has 0 aromatic carbocycles. The van der Waals surface area contributed by atoms with Crippen LogP contribution in [0, 0.1) is 0 Å². The summed E-state index contributed by atoms with van der Waals surface area (Å²) >= 11 is 5.79. The summed E-state index contributed by atoms with van der Waals surface area (Å²) in [5, 5.41) is 11.9. The fourth-order valence-electron chi connectivity index (χ4n) is 3.74. The second kappa shape index (κ2) is 7.68. The van der Waals surface area contributed by atoms with Crippen molar-refractivity contribution in [2.24, 2.45) is 0 Å². The first-order chi connectivity index (χ1) is 13.1. The minimum atomic E-state index is -0.396. The number of halogens is 1. The van der Waals surface area contributed by atoms with Crippen molar-refractivity contribution >= 4 is 23.3 Å². The third kappa shape index (κ3) is 3.98. The number of pyridine rings is 1. The van der Waals surface area contributed by atoms with E-state index < -0.39 is 5.56 Å². The Morgan fingerprint density at radius 1 is 1.19 bits per heavy atom. The van der Waals surface area contributed by atoms with Gasteiger partial charge in [-0.05, 0) is 56.2 Å². The number of rotatable bonds is 3. The Balaban J connectivity index is 1.35. The van der Waals surface area contributed by atoms with Gasteiger partial charge in [0, 0.05) is 25.3 Å². The highest BCUT2D eigenvalue weighted by Crippen LogP contribution is 2.24. The van der Waals surface area contributed by atoms with Gasteiger partial charge in [0.25, 0.3) is 11.5 Å². The summed E-state index contributed by atoms with van der Waals surface area (Å²) in [4.78, 5) is 28.4.